The lowest BCUT2D eigenvalue weighted by Crippen LogP contribution is -2.11. The monoisotopic (exact) mass is 247 g/mol. The van der Waals surface area contributed by atoms with Gasteiger partial charge in [0.05, 0.1) is 12.2 Å². The second kappa shape index (κ2) is 6.16. The maximum absolute atomic E-state index is 5.54. The maximum Gasteiger partial charge on any atom is 0.261 e. The van der Waals surface area contributed by atoms with Crippen molar-refractivity contribution >= 4 is 0 Å². The molecule has 0 aliphatic heterocycles. The molecule has 0 aliphatic carbocycles. The Kier molecular flexibility index (Phi) is 4.30. The lowest BCUT2D eigenvalue weighted by atomic mass is 10.2. The summed E-state index contributed by atoms with van der Waals surface area (Å²) in [6.45, 7) is 3.38. The molecule has 1 aromatic heterocycles. The van der Waals surface area contributed by atoms with Gasteiger partial charge in [0.15, 0.2) is 5.82 Å². The van der Waals surface area contributed by atoms with Crippen LogP contribution < -0.4 is 10.1 Å². The number of hydrogen-bond acceptors (Lipinski definition) is 5. The van der Waals surface area contributed by atoms with E-state index < -0.39 is 0 Å². The molecule has 0 aliphatic rings. The van der Waals surface area contributed by atoms with Crippen LogP contribution >= 0.6 is 0 Å². The first-order valence-electron chi connectivity index (χ1n) is 6.04. The molecular weight excluding hydrogens is 230 g/mol. The summed E-state index contributed by atoms with van der Waals surface area (Å²) < 4.78 is 10.8. The molecule has 0 amide bonds. The third-order valence-corrected chi connectivity index (χ3v) is 2.48. The van der Waals surface area contributed by atoms with Crippen molar-refractivity contribution in [3.05, 3.63) is 30.1 Å². The number of ether oxygens (including phenoxy) is 1. The van der Waals surface area contributed by atoms with Gasteiger partial charge in [-0.05, 0) is 26.1 Å². The number of nitrogens with one attached hydrogen (secondary N) is 1. The molecule has 0 saturated heterocycles. The molecule has 18 heavy (non-hydrogen) atoms. The standard InChI is InChI=1S/C13H17N3O2/c1-3-17-11-7-5-4-6-10(11)13-15-12(16-18-13)8-9-14-2/h4-7,14H,3,8-9H2,1-2H3. The number of rotatable bonds is 6. The number of hydrogen-bond donors (Lipinski definition) is 1. The van der Waals surface area contributed by atoms with Gasteiger partial charge in [0, 0.05) is 13.0 Å². The van der Waals surface area contributed by atoms with E-state index in [2.05, 4.69) is 15.5 Å². The van der Waals surface area contributed by atoms with Crippen molar-refractivity contribution in [1.82, 2.24) is 15.5 Å². The van der Waals surface area contributed by atoms with E-state index in [9.17, 15) is 0 Å². The highest BCUT2D eigenvalue weighted by Gasteiger charge is 2.12. The van der Waals surface area contributed by atoms with Crippen LogP contribution in [0.4, 0.5) is 0 Å². The SMILES string of the molecule is CCOc1ccccc1-c1nc(CCNC)no1. The van der Waals surface area contributed by atoms with Crippen LogP contribution in [-0.2, 0) is 6.42 Å². The third-order valence-electron chi connectivity index (χ3n) is 2.48. The first kappa shape index (κ1) is 12.6. The zero-order valence-corrected chi connectivity index (χ0v) is 10.6. The van der Waals surface area contributed by atoms with Crippen LogP contribution in [0, 0.1) is 0 Å². The van der Waals surface area contributed by atoms with Crippen molar-refractivity contribution in [1.29, 1.82) is 0 Å². The van der Waals surface area contributed by atoms with Crippen molar-refractivity contribution < 1.29 is 9.26 Å². The van der Waals surface area contributed by atoms with Gasteiger partial charge >= 0.3 is 0 Å². The summed E-state index contributed by atoms with van der Waals surface area (Å²) in [6.07, 6.45) is 0.747. The Morgan fingerprint density at radius 3 is 2.94 bits per heavy atom. The fourth-order valence-corrected chi connectivity index (χ4v) is 1.63. The molecule has 96 valence electrons. The minimum absolute atomic E-state index is 0.505. The molecular formula is C13H17N3O2. The highest BCUT2D eigenvalue weighted by Crippen LogP contribution is 2.28. The highest BCUT2D eigenvalue weighted by atomic mass is 16.5. The van der Waals surface area contributed by atoms with Gasteiger partial charge < -0.3 is 14.6 Å². The average Bonchev–Trinajstić information content (AvgIpc) is 2.86. The topological polar surface area (TPSA) is 60.2 Å². The first-order valence-corrected chi connectivity index (χ1v) is 6.04. The second-order valence-electron chi connectivity index (χ2n) is 3.80. The molecule has 0 saturated carbocycles. The van der Waals surface area contributed by atoms with Gasteiger partial charge in [0.2, 0.25) is 0 Å². The summed E-state index contributed by atoms with van der Waals surface area (Å²) in [5.74, 6) is 1.97. The Balaban J connectivity index is 2.22. The van der Waals surface area contributed by atoms with Crippen molar-refractivity contribution in [2.24, 2.45) is 0 Å². The Labute approximate surface area is 106 Å². The number of likely N-dealkylation sites (N-methyl/N-ethyl adjacent to an activating group) is 1. The van der Waals surface area contributed by atoms with Crippen LogP contribution in [0.25, 0.3) is 11.5 Å². The van der Waals surface area contributed by atoms with Crippen LogP contribution in [-0.4, -0.2) is 30.3 Å². The van der Waals surface area contributed by atoms with Gasteiger partial charge in [-0.15, -0.1) is 0 Å². The average molecular weight is 247 g/mol. The first-order chi connectivity index (χ1) is 8.85. The Hall–Kier alpha value is -1.88. The van der Waals surface area contributed by atoms with Gasteiger partial charge in [0.1, 0.15) is 5.75 Å². The van der Waals surface area contributed by atoms with E-state index in [0.717, 1.165) is 24.3 Å². The van der Waals surface area contributed by atoms with Gasteiger partial charge in [-0.1, -0.05) is 17.3 Å². The van der Waals surface area contributed by atoms with E-state index in [0.29, 0.717) is 18.3 Å². The van der Waals surface area contributed by atoms with E-state index in [1.807, 2.05) is 38.2 Å². The number of nitrogens with zero attached hydrogens (tertiary/aromatic N) is 2. The van der Waals surface area contributed by atoms with E-state index in [1.165, 1.54) is 0 Å². The van der Waals surface area contributed by atoms with E-state index in [1.54, 1.807) is 0 Å². The van der Waals surface area contributed by atoms with Crippen LogP contribution in [0.5, 0.6) is 5.75 Å². The quantitative estimate of drug-likeness (QED) is 0.844. The molecule has 2 aromatic rings. The second-order valence-corrected chi connectivity index (χ2v) is 3.80. The number of aromatic nitrogens is 2. The molecule has 0 bridgehead atoms. The molecule has 2 rings (SSSR count). The predicted octanol–water partition coefficient (Wildman–Crippen LogP) is 1.90. The van der Waals surface area contributed by atoms with Crippen molar-refractivity contribution in [3.8, 4) is 17.2 Å². The van der Waals surface area contributed by atoms with Gasteiger partial charge in [0.25, 0.3) is 5.89 Å². The van der Waals surface area contributed by atoms with Crippen molar-refractivity contribution in [2.75, 3.05) is 20.2 Å². The Morgan fingerprint density at radius 1 is 1.33 bits per heavy atom. The smallest absolute Gasteiger partial charge is 0.261 e. The van der Waals surface area contributed by atoms with E-state index in [4.69, 9.17) is 9.26 Å². The third kappa shape index (κ3) is 2.87. The van der Waals surface area contributed by atoms with Crippen LogP contribution in [0.1, 0.15) is 12.7 Å². The lowest BCUT2D eigenvalue weighted by Gasteiger charge is -2.05. The van der Waals surface area contributed by atoms with Gasteiger partial charge in [-0.3, -0.25) is 0 Å². The molecule has 0 radical (unpaired) electrons. The summed E-state index contributed by atoms with van der Waals surface area (Å²) in [4.78, 5) is 4.36. The molecule has 0 unspecified atom stereocenters. The van der Waals surface area contributed by atoms with E-state index in [-0.39, 0.29) is 0 Å². The van der Waals surface area contributed by atoms with Crippen molar-refractivity contribution in [3.63, 3.8) is 0 Å². The highest BCUT2D eigenvalue weighted by molar-refractivity contribution is 5.62. The zero-order valence-electron chi connectivity index (χ0n) is 10.6. The molecule has 1 heterocycles. The normalized spacial score (nSPS) is 10.6. The summed E-state index contributed by atoms with van der Waals surface area (Å²) in [6, 6.07) is 7.67. The zero-order chi connectivity index (χ0) is 12.8. The molecule has 0 spiro atoms. The summed E-state index contributed by atoms with van der Waals surface area (Å²) in [7, 11) is 1.89. The Morgan fingerprint density at radius 2 is 2.17 bits per heavy atom. The molecule has 5 nitrogen and oxygen atoms in total. The number of benzene rings is 1. The molecule has 1 N–H and O–H groups in total. The van der Waals surface area contributed by atoms with Crippen LogP contribution in [0.2, 0.25) is 0 Å². The maximum atomic E-state index is 5.54. The van der Waals surface area contributed by atoms with Crippen molar-refractivity contribution in [2.45, 2.75) is 13.3 Å². The van der Waals surface area contributed by atoms with Crippen LogP contribution in [0.3, 0.4) is 0 Å². The van der Waals surface area contributed by atoms with E-state index >= 15 is 0 Å². The number of para-hydroxylation sites is 1. The Bertz CT molecular complexity index is 496. The van der Waals surface area contributed by atoms with Gasteiger partial charge in [-0.2, -0.15) is 4.98 Å². The van der Waals surface area contributed by atoms with Gasteiger partial charge in [-0.25, -0.2) is 0 Å². The van der Waals surface area contributed by atoms with Crippen LogP contribution in [0.15, 0.2) is 28.8 Å². The predicted molar refractivity (Wildman–Crippen MR) is 68.5 cm³/mol. The fraction of sp³-hybridized carbons (Fsp3) is 0.385. The molecule has 5 heteroatoms. The summed E-state index contributed by atoms with van der Waals surface area (Å²) in [5, 5.41) is 7.00. The minimum atomic E-state index is 0.505. The summed E-state index contributed by atoms with van der Waals surface area (Å²) in [5.41, 5.74) is 0.836. The molecule has 0 atom stereocenters. The largest absolute Gasteiger partial charge is 0.493 e. The summed E-state index contributed by atoms with van der Waals surface area (Å²) >= 11 is 0. The minimum Gasteiger partial charge on any atom is -0.493 e. The molecule has 1 aromatic carbocycles. The lowest BCUT2D eigenvalue weighted by molar-refractivity contribution is 0.339. The molecule has 0 fully saturated rings. The fourth-order valence-electron chi connectivity index (χ4n) is 1.63.